The standard InChI is InChI=1S/C24H27N5O2/c1-31-22-9-7-19(8-10-22)18-28-13-4-14-29(16-15-28)23(30)20-5-2-6-21(17-20)27-24-25-11-3-12-26-24/h2-3,5-12,17H,4,13-16,18H2,1H3,(H,25,26,27). The molecule has 1 N–H and O–H groups in total. The summed E-state index contributed by atoms with van der Waals surface area (Å²) >= 11 is 0. The van der Waals surface area contributed by atoms with Crippen molar-refractivity contribution >= 4 is 17.5 Å². The van der Waals surface area contributed by atoms with Crippen LogP contribution in [-0.2, 0) is 6.54 Å². The summed E-state index contributed by atoms with van der Waals surface area (Å²) < 4.78 is 5.23. The van der Waals surface area contributed by atoms with Crippen molar-refractivity contribution in [3.8, 4) is 5.75 Å². The number of anilines is 2. The molecule has 0 atom stereocenters. The molecule has 1 amide bonds. The maximum absolute atomic E-state index is 13.1. The van der Waals surface area contributed by atoms with Gasteiger partial charge in [0.1, 0.15) is 5.75 Å². The van der Waals surface area contributed by atoms with Crippen LogP contribution in [0.3, 0.4) is 0 Å². The normalized spacial score (nSPS) is 14.7. The average Bonchev–Trinajstić information content (AvgIpc) is 3.05. The largest absolute Gasteiger partial charge is 0.497 e. The van der Waals surface area contributed by atoms with Crippen LogP contribution in [0.25, 0.3) is 0 Å². The zero-order valence-electron chi connectivity index (χ0n) is 17.7. The molecule has 7 heteroatoms. The second-order valence-corrected chi connectivity index (χ2v) is 7.55. The van der Waals surface area contributed by atoms with Crippen LogP contribution in [0.4, 0.5) is 11.6 Å². The van der Waals surface area contributed by atoms with Crippen LogP contribution in [0.5, 0.6) is 5.75 Å². The van der Waals surface area contributed by atoms with Crippen molar-refractivity contribution in [2.24, 2.45) is 0 Å². The van der Waals surface area contributed by atoms with Gasteiger partial charge in [-0.3, -0.25) is 9.69 Å². The van der Waals surface area contributed by atoms with Crippen LogP contribution in [0.1, 0.15) is 22.3 Å². The number of carbonyl (C=O) groups excluding carboxylic acids is 1. The molecule has 0 unspecified atom stereocenters. The number of amides is 1. The van der Waals surface area contributed by atoms with Crippen molar-refractivity contribution in [2.75, 3.05) is 38.6 Å². The smallest absolute Gasteiger partial charge is 0.253 e. The van der Waals surface area contributed by atoms with Gasteiger partial charge in [-0.15, -0.1) is 0 Å². The SMILES string of the molecule is COc1ccc(CN2CCCN(C(=O)c3cccc(Nc4ncccn4)c3)CC2)cc1. The average molecular weight is 418 g/mol. The molecule has 0 spiro atoms. The lowest BCUT2D eigenvalue weighted by Gasteiger charge is -2.22. The predicted octanol–water partition coefficient (Wildman–Crippen LogP) is 3.58. The number of ether oxygens (including phenoxy) is 1. The highest BCUT2D eigenvalue weighted by Crippen LogP contribution is 2.18. The Bertz CT molecular complexity index is 994. The number of nitrogens with one attached hydrogen (secondary N) is 1. The van der Waals surface area contributed by atoms with E-state index in [1.54, 1.807) is 25.6 Å². The molecule has 160 valence electrons. The van der Waals surface area contributed by atoms with E-state index in [0.29, 0.717) is 18.1 Å². The molecule has 3 aromatic rings. The number of methoxy groups -OCH3 is 1. The van der Waals surface area contributed by atoms with Crippen LogP contribution in [-0.4, -0.2) is 59.0 Å². The van der Waals surface area contributed by atoms with E-state index in [2.05, 4.69) is 32.3 Å². The van der Waals surface area contributed by atoms with Crippen molar-refractivity contribution in [3.63, 3.8) is 0 Å². The molecular weight excluding hydrogens is 390 g/mol. The number of rotatable bonds is 6. The highest BCUT2D eigenvalue weighted by molar-refractivity contribution is 5.95. The van der Waals surface area contributed by atoms with Gasteiger partial charge in [-0.1, -0.05) is 18.2 Å². The monoisotopic (exact) mass is 417 g/mol. The molecule has 1 fully saturated rings. The Morgan fingerprint density at radius 3 is 2.58 bits per heavy atom. The maximum Gasteiger partial charge on any atom is 0.253 e. The number of hydrogen-bond acceptors (Lipinski definition) is 6. The van der Waals surface area contributed by atoms with Crippen molar-refractivity contribution in [2.45, 2.75) is 13.0 Å². The first-order chi connectivity index (χ1) is 15.2. The molecular formula is C24H27N5O2. The van der Waals surface area contributed by atoms with Crippen LogP contribution in [0, 0.1) is 0 Å². The Labute approximate surface area is 182 Å². The summed E-state index contributed by atoms with van der Waals surface area (Å²) in [6.07, 6.45) is 4.32. The van der Waals surface area contributed by atoms with Gasteiger partial charge in [-0.05, 0) is 48.4 Å². The lowest BCUT2D eigenvalue weighted by molar-refractivity contribution is 0.0761. The molecule has 2 heterocycles. The third-order valence-corrected chi connectivity index (χ3v) is 5.37. The second kappa shape index (κ2) is 10.0. The molecule has 2 aromatic carbocycles. The molecule has 0 radical (unpaired) electrons. The summed E-state index contributed by atoms with van der Waals surface area (Å²) in [4.78, 5) is 25.8. The highest BCUT2D eigenvalue weighted by Gasteiger charge is 2.20. The van der Waals surface area contributed by atoms with E-state index >= 15 is 0 Å². The molecule has 0 saturated carbocycles. The Morgan fingerprint density at radius 1 is 1.00 bits per heavy atom. The summed E-state index contributed by atoms with van der Waals surface area (Å²) in [7, 11) is 1.68. The van der Waals surface area contributed by atoms with Gasteiger partial charge >= 0.3 is 0 Å². The van der Waals surface area contributed by atoms with E-state index in [0.717, 1.165) is 44.0 Å². The Hall–Kier alpha value is -3.45. The zero-order chi connectivity index (χ0) is 21.5. The Morgan fingerprint density at radius 2 is 1.81 bits per heavy atom. The molecule has 31 heavy (non-hydrogen) atoms. The fourth-order valence-electron chi connectivity index (χ4n) is 3.73. The second-order valence-electron chi connectivity index (χ2n) is 7.55. The molecule has 1 saturated heterocycles. The van der Waals surface area contributed by atoms with Gasteiger partial charge in [0.25, 0.3) is 5.91 Å². The number of benzene rings is 2. The summed E-state index contributed by atoms with van der Waals surface area (Å²) in [6.45, 7) is 4.19. The maximum atomic E-state index is 13.1. The topological polar surface area (TPSA) is 70.6 Å². The minimum Gasteiger partial charge on any atom is -0.497 e. The Balaban J connectivity index is 1.36. The van der Waals surface area contributed by atoms with Gasteiger partial charge in [-0.25, -0.2) is 9.97 Å². The first-order valence-electron chi connectivity index (χ1n) is 10.5. The van der Waals surface area contributed by atoms with E-state index < -0.39 is 0 Å². The number of carbonyl (C=O) groups is 1. The predicted molar refractivity (Wildman–Crippen MR) is 121 cm³/mol. The lowest BCUT2D eigenvalue weighted by Crippen LogP contribution is -2.35. The van der Waals surface area contributed by atoms with Crippen LogP contribution < -0.4 is 10.1 Å². The minimum absolute atomic E-state index is 0.0592. The molecule has 7 nitrogen and oxygen atoms in total. The van der Waals surface area contributed by atoms with E-state index in [4.69, 9.17) is 4.74 Å². The molecule has 0 bridgehead atoms. The zero-order valence-corrected chi connectivity index (χ0v) is 17.7. The molecule has 1 aliphatic rings. The molecule has 0 aliphatic carbocycles. The third kappa shape index (κ3) is 5.58. The van der Waals surface area contributed by atoms with Crippen LogP contribution >= 0.6 is 0 Å². The summed E-state index contributed by atoms with van der Waals surface area (Å²) in [5, 5.41) is 3.15. The summed E-state index contributed by atoms with van der Waals surface area (Å²) in [6, 6.07) is 17.5. The van der Waals surface area contributed by atoms with Gasteiger partial charge in [0.05, 0.1) is 7.11 Å². The van der Waals surface area contributed by atoms with Gasteiger partial charge in [-0.2, -0.15) is 0 Å². The molecule has 4 rings (SSSR count). The fraction of sp³-hybridized carbons (Fsp3) is 0.292. The van der Waals surface area contributed by atoms with Gasteiger partial charge in [0.2, 0.25) is 5.95 Å². The number of aromatic nitrogens is 2. The van der Waals surface area contributed by atoms with Crippen LogP contribution in [0.2, 0.25) is 0 Å². The third-order valence-electron chi connectivity index (χ3n) is 5.37. The van der Waals surface area contributed by atoms with Gasteiger partial charge in [0, 0.05) is 56.4 Å². The van der Waals surface area contributed by atoms with E-state index in [-0.39, 0.29) is 5.91 Å². The van der Waals surface area contributed by atoms with Gasteiger partial charge in [0.15, 0.2) is 0 Å². The highest BCUT2D eigenvalue weighted by atomic mass is 16.5. The van der Waals surface area contributed by atoms with E-state index in [1.165, 1.54) is 5.56 Å². The first-order valence-corrected chi connectivity index (χ1v) is 10.5. The first kappa shape index (κ1) is 20.8. The van der Waals surface area contributed by atoms with E-state index in [9.17, 15) is 4.79 Å². The quantitative estimate of drug-likeness (QED) is 0.661. The van der Waals surface area contributed by atoms with Gasteiger partial charge < -0.3 is 15.0 Å². The van der Waals surface area contributed by atoms with Crippen molar-refractivity contribution in [3.05, 3.63) is 78.1 Å². The van der Waals surface area contributed by atoms with Crippen molar-refractivity contribution in [1.82, 2.24) is 19.8 Å². The lowest BCUT2D eigenvalue weighted by atomic mass is 10.1. The fourth-order valence-corrected chi connectivity index (χ4v) is 3.73. The molecule has 1 aromatic heterocycles. The Kier molecular flexibility index (Phi) is 6.74. The van der Waals surface area contributed by atoms with E-state index in [1.807, 2.05) is 41.3 Å². The van der Waals surface area contributed by atoms with Crippen molar-refractivity contribution in [1.29, 1.82) is 0 Å². The molecule has 1 aliphatic heterocycles. The summed E-state index contributed by atoms with van der Waals surface area (Å²) in [5.74, 6) is 1.44. The number of nitrogens with zero attached hydrogens (tertiary/aromatic N) is 4. The number of hydrogen-bond donors (Lipinski definition) is 1. The summed E-state index contributed by atoms with van der Waals surface area (Å²) in [5.41, 5.74) is 2.72. The minimum atomic E-state index is 0.0592. The van der Waals surface area contributed by atoms with Crippen molar-refractivity contribution < 1.29 is 9.53 Å². The van der Waals surface area contributed by atoms with Crippen LogP contribution in [0.15, 0.2) is 67.0 Å².